The molecule has 4 nitrogen and oxygen atoms in total. The van der Waals surface area contributed by atoms with Gasteiger partial charge in [-0.15, -0.1) is 0 Å². The number of benzene rings is 1. The van der Waals surface area contributed by atoms with E-state index in [1.807, 2.05) is 25.1 Å². The molecule has 0 fully saturated rings. The molecule has 0 unspecified atom stereocenters. The first-order valence-corrected chi connectivity index (χ1v) is 6.97. The fraction of sp³-hybridized carbons (Fsp3) is 0.267. The monoisotopic (exact) mass is 337 g/mol. The molecule has 2 rings (SSSR count). The molecule has 0 aliphatic rings. The Morgan fingerprint density at radius 2 is 2.05 bits per heavy atom. The molecule has 1 aromatic heterocycles. The summed E-state index contributed by atoms with van der Waals surface area (Å²) in [6.07, 6.45) is 0. The number of esters is 1. The molecule has 1 aromatic carbocycles. The van der Waals surface area contributed by atoms with Crippen molar-refractivity contribution in [1.82, 2.24) is 0 Å². The summed E-state index contributed by atoms with van der Waals surface area (Å²) in [7, 11) is 1.36. The van der Waals surface area contributed by atoms with Gasteiger partial charge in [0.2, 0.25) is 0 Å². The topological polar surface area (TPSA) is 51.5 Å². The zero-order chi connectivity index (χ0) is 14.7. The minimum absolute atomic E-state index is 0.379. The van der Waals surface area contributed by atoms with E-state index in [4.69, 9.17) is 9.15 Å². The molecule has 0 spiro atoms. The Bertz CT molecular complexity index is 614. The number of hydrogen-bond donors (Lipinski definition) is 1. The SMILES string of the molecule is COC(=O)c1cc(CNc2cc(C)cc(Br)c2)oc1C. The number of halogens is 1. The minimum Gasteiger partial charge on any atom is -0.465 e. The summed E-state index contributed by atoms with van der Waals surface area (Å²) in [5, 5.41) is 3.26. The van der Waals surface area contributed by atoms with Crippen molar-refractivity contribution < 1.29 is 13.9 Å². The highest BCUT2D eigenvalue weighted by molar-refractivity contribution is 9.10. The van der Waals surface area contributed by atoms with Crippen LogP contribution < -0.4 is 5.32 Å². The van der Waals surface area contributed by atoms with E-state index in [2.05, 4.69) is 21.2 Å². The van der Waals surface area contributed by atoms with Crippen LogP contribution in [0.15, 0.2) is 33.2 Å². The largest absolute Gasteiger partial charge is 0.465 e. The first-order chi connectivity index (χ1) is 9.49. The van der Waals surface area contributed by atoms with Gasteiger partial charge in [-0.2, -0.15) is 0 Å². The first kappa shape index (κ1) is 14.7. The maximum Gasteiger partial charge on any atom is 0.341 e. The third-order valence-corrected chi connectivity index (χ3v) is 3.34. The smallest absolute Gasteiger partial charge is 0.341 e. The molecule has 0 radical (unpaired) electrons. The highest BCUT2D eigenvalue weighted by Crippen LogP contribution is 2.21. The Morgan fingerprint density at radius 1 is 1.30 bits per heavy atom. The molecule has 0 atom stereocenters. The van der Waals surface area contributed by atoms with E-state index < -0.39 is 0 Å². The van der Waals surface area contributed by atoms with Gasteiger partial charge in [0.15, 0.2) is 0 Å². The summed E-state index contributed by atoms with van der Waals surface area (Å²) in [4.78, 5) is 11.5. The Labute approximate surface area is 126 Å². The van der Waals surface area contributed by atoms with E-state index in [1.54, 1.807) is 13.0 Å². The highest BCUT2D eigenvalue weighted by atomic mass is 79.9. The van der Waals surface area contributed by atoms with Crippen molar-refractivity contribution in [2.24, 2.45) is 0 Å². The summed E-state index contributed by atoms with van der Waals surface area (Å²) < 4.78 is 11.3. The van der Waals surface area contributed by atoms with Crippen LogP contribution in [0.3, 0.4) is 0 Å². The lowest BCUT2D eigenvalue weighted by Gasteiger charge is -2.06. The zero-order valence-electron chi connectivity index (χ0n) is 11.6. The number of aryl methyl sites for hydroxylation is 2. The number of ether oxygens (including phenoxy) is 1. The summed E-state index contributed by atoms with van der Waals surface area (Å²) in [6, 6.07) is 7.78. The van der Waals surface area contributed by atoms with Crippen LogP contribution in [0.25, 0.3) is 0 Å². The Kier molecular flexibility index (Phi) is 4.49. The highest BCUT2D eigenvalue weighted by Gasteiger charge is 2.15. The van der Waals surface area contributed by atoms with Crippen molar-refractivity contribution >= 4 is 27.6 Å². The van der Waals surface area contributed by atoms with E-state index in [0.29, 0.717) is 23.6 Å². The maximum absolute atomic E-state index is 11.5. The van der Waals surface area contributed by atoms with Gasteiger partial charge in [0.25, 0.3) is 0 Å². The molecule has 1 N–H and O–H groups in total. The Morgan fingerprint density at radius 3 is 2.70 bits per heavy atom. The Balaban J connectivity index is 2.09. The van der Waals surface area contributed by atoms with E-state index >= 15 is 0 Å². The molecule has 0 saturated heterocycles. The number of methoxy groups -OCH3 is 1. The van der Waals surface area contributed by atoms with Gasteiger partial charge in [0.05, 0.1) is 13.7 Å². The van der Waals surface area contributed by atoms with Crippen molar-refractivity contribution in [2.45, 2.75) is 20.4 Å². The van der Waals surface area contributed by atoms with Crippen molar-refractivity contribution in [3.05, 3.63) is 51.4 Å². The number of anilines is 1. The van der Waals surface area contributed by atoms with Crippen molar-refractivity contribution in [3.8, 4) is 0 Å². The third-order valence-electron chi connectivity index (χ3n) is 2.88. The number of hydrogen-bond acceptors (Lipinski definition) is 4. The fourth-order valence-electron chi connectivity index (χ4n) is 1.97. The second-order valence-corrected chi connectivity index (χ2v) is 5.46. The van der Waals surface area contributed by atoms with Crippen LogP contribution in [0, 0.1) is 13.8 Å². The van der Waals surface area contributed by atoms with Crippen LogP contribution in [0.2, 0.25) is 0 Å². The maximum atomic E-state index is 11.5. The van der Waals surface area contributed by atoms with E-state index in [9.17, 15) is 4.79 Å². The van der Waals surface area contributed by atoms with Crippen LogP contribution in [-0.4, -0.2) is 13.1 Å². The molecule has 20 heavy (non-hydrogen) atoms. The molecule has 1 heterocycles. The van der Waals surface area contributed by atoms with Gasteiger partial charge in [0, 0.05) is 10.2 Å². The lowest BCUT2D eigenvalue weighted by Crippen LogP contribution is -2.01. The molecule has 106 valence electrons. The van der Waals surface area contributed by atoms with Gasteiger partial charge in [-0.1, -0.05) is 15.9 Å². The van der Waals surface area contributed by atoms with Crippen LogP contribution in [0.1, 0.15) is 27.4 Å². The minimum atomic E-state index is -0.379. The van der Waals surface area contributed by atoms with Crippen molar-refractivity contribution in [3.63, 3.8) is 0 Å². The van der Waals surface area contributed by atoms with E-state index in [1.165, 1.54) is 7.11 Å². The van der Waals surface area contributed by atoms with Crippen molar-refractivity contribution in [1.29, 1.82) is 0 Å². The molecule has 2 aromatic rings. The molecule has 0 saturated carbocycles. The molecule has 0 amide bonds. The predicted octanol–water partition coefficient (Wildman–Crippen LogP) is 4.06. The summed E-state index contributed by atoms with van der Waals surface area (Å²) in [6.45, 7) is 4.29. The molecular weight excluding hydrogens is 322 g/mol. The van der Waals surface area contributed by atoms with Crippen LogP contribution in [-0.2, 0) is 11.3 Å². The standard InChI is InChI=1S/C15H16BrNO3/c1-9-4-11(16)6-12(5-9)17-8-13-7-14(10(2)20-13)15(18)19-3/h4-7,17H,8H2,1-3H3. The summed E-state index contributed by atoms with van der Waals surface area (Å²) in [5.41, 5.74) is 2.62. The fourth-order valence-corrected chi connectivity index (χ4v) is 2.58. The number of rotatable bonds is 4. The summed E-state index contributed by atoms with van der Waals surface area (Å²) >= 11 is 3.46. The molecule has 0 bridgehead atoms. The Hall–Kier alpha value is -1.75. The molecule has 5 heteroatoms. The van der Waals surface area contributed by atoms with Gasteiger partial charge in [-0.3, -0.25) is 0 Å². The van der Waals surface area contributed by atoms with Crippen LogP contribution >= 0.6 is 15.9 Å². The van der Waals surface area contributed by atoms with Gasteiger partial charge >= 0.3 is 5.97 Å². The molecule has 0 aliphatic heterocycles. The normalized spacial score (nSPS) is 10.4. The number of nitrogens with one attached hydrogen (secondary N) is 1. The lowest BCUT2D eigenvalue weighted by atomic mass is 10.2. The number of carbonyl (C=O) groups excluding carboxylic acids is 1. The quantitative estimate of drug-likeness (QED) is 0.855. The molecular formula is C15H16BrNO3. The second-order valence-electron chi connectivity index (χ2n) is 4.54. The second kappa shape index (κ2) is 6.13. The lowest BCUT2D eigenvalue weighted by molar-refractivity contribution is 0.0599. The average Bonchev–Trinajstić information content (AvgIpc) is 2.76. The van der Waals surface area contributed by atoms with Gasteiger partial charge in [0.1, 0.15) is 17.1 Å². The number of carbonyl (C=O) groups is 1. The molecule has 0 aliphatic carbocycles. The van der Waals surface area contributed by atoms with Crippen molar-refractivity contribution in [2.75, 3.05) is 12.4 Å². The van der Waals surface area contributed by atoms with Crippen LogP contribution in [0.4, 0.5) is 5.69 Å². The average molecular weight is 338 g/mol. The van der Waals surface area contributed by atoms with E-state index in [-0.39, 0.29) is 5.97 Å². The number of furan rings is 1. The third kappa shape index (κ3) is 3.42. The summed E-state index contributed by atoms with van der Waals surface area (Å²) in [5.74, 6) is 0.885. The van der Waals surface area contributed by atoms with E-state index in [0.717, 1.165) is 15.7 Å². The van der Waals surface area contributed by atoms with Gasteiger partial charge < -0.3 is 14.5 Å². The zero-order valence-corrected chi connectivity index (χ0v) is 13.2. The van der Waals surface area contributed by atoms with Gasteiger partial charge in [-0.25, -0.2) is 4.79 Å². The predicted molar refractivity (Wildman–Crippen MR) is 81.0 cm³/mol. The van der Waals surface area contributed by atoms with Crippen LogP contribution in [0.5, 0.6) is 0 Å². The first-order valence-electron chi connectivity index (χ1n) is 6.18. The van der Waals surface area contributed by atoms with Gasteiger partial charge in [-0.05, 0) is 43.7 Å².